The van der Waals surface area contributed by atoms with Crippen molar-refractivity contribution < 1.29 is 23.4 Å². The Morgan fingerprint density at radius 3 is 2.62 bits per heavy atom. The highest BCUT2D eigenvalue weighted by molar-refractivity contribution is 6.06. The van der Waals surface area contributed by atoms with E-state index in [1.54, 1.807) is 13.2 Å². The molecule has 2 aromatic carbocycles. The second-order valence-corrected chi connectivity index (χ2v) is 7.35. The van der Waals surface area contributed by atoms with Crippen molar-refractivity contribution in [1.29, 1.82) is 0 Å². The minimum Gasteiger partial charge on any atom is -0.389 e. The second-order valence-electron chi connectivity index (χ2n) is 7.35. The minimum absolute atomic E-state index is 0.0324. The monoisotopic (exact) mass is 400 g/mol. The number of aliphatic hydroxyl groups is 1. The molecular weight excluding hydrogens is 378 g/mol. The zero-order chi connectivity index (χ0) is 20.9. The topological polar surface area (TPSA) is 53.0 Å². The van der Waals surface area contributed by atoms with Crippen LogP contribution in [0, 0.1) is 0 Å². The Kier molecular flexibility index (Phi) is 4.67. The van der Waals surface area contributed by atoms with Gasteiger partial charge in [-0.15, -0.1) is 0 Å². The van der Waals surface area contributed by atoms with E-state index < -0.39 is 23.5 Å². The SMILES string of the molecule is COC1c2ccccc2C=C(CN2C(=O)C(F)(F)c3c([C@H](C)O)cccc32)N1C. The zero-order valence-corrected chi connectivity index (χ0v) is 16.4. The van der Waals surface area contributed by atoms with Crippen molar-refractivity contribution in [1.82, 2.24) is 4.90 Å². The summed E-state index contributed by atoms with van der Waals surface area (Å²) in [5.41, 5.74) is 2.34. The normalized spacial score (nSPS) is 21.0. The average molecular weight is 400 g/mol. The summed E-state index contributed by atoms with van der Waals surface area (Å²) in [6, 6.07) is 12.2. The zero-order valence-electron chi connectivity index (χ0n) is 16.4. The maximum Gasteiger partial charge on any atom is 0.352 e. The molecule has 2 heterocycles. The summed E-state index contributed by atoms with van der Waals surface area (Å²) in [5.74, 6) is -4.97. The first-order valence-corrected chi connectivity index (χ1v) is 9.33. The summed E-state index contributed by atoms with van der Waals surface area (Å²) < 4.78 is 35.4. The van der Waals surface area contributed by atoms with Gasteiger partial charge in [0.25, 0.3) is 0 Å². The average Bonchev–Trinajstić information content (AvgIpc) is 2.89. The molecule has 0 spiro atoms. The summed E-state index contributed by atoms with van der Waals surface area (Å²) in [4.78, 5) is 15.6. The number of hydrogen-bond donors (Lipinski definition) is 1. The van der Waals surface area contributed by atoms with E-state index in [0.29, 0.717) is 5.70 Å². The number of alkyl halides is 2. The van der Waals surface area contributed by atoms with Gasteiger partial charge in [-0.3, -0.25) is 4.79 Å². The number of carbonyl (C=O) groups is 1. The number of ether oxygens (including phenoxy) is 1. The molecular formula is C22H22F2N2O3. The Morgan fingerprint density at radius 2 is 1.93 bits per heavy atom. The number of nitrogens with zero attached hydrogens (tertiary/aromatic N) is 2. The van der Waals surface area contributed by atoms with Crippen LogP contribution in [0.5, 0.6) is 0 Å². The first-order chi connectivity index (χ1) is 13.8. The van der Waals surface area contributed by atoms with Crippen molar-refractivity contribution in [2.45, 2.75) is 25.2 Å². The van der Waals surface area contributed by atoms with Crippen LogP contribution in [0.25, 0.3) is 6.08 Å². The number of halogens is 2. The molecule has 2 aliphatic heterocycles. The van der Waals surface area contributed by atoms with Crippen molar-refractivity contribution in [2.24, 2.45) is 0 Å². The number of aliphatic hydroxyl groups excluding tert-OH is 1. The van der Waals surface area contributed by atoms with Gasteiger partial charge in [-0.25, -0.2) is 0 Å². The van der Waals surface area contributed by atoms with E-state index in [2.05, 4.69) is 0 Å². The van der Waals surface area contributed by atoms with Crippen LogP contribution in [0.3, 0.4) is 0 Å². The number of fused-ring (bicyclic) bond motifs is 2. The fraction of sp³-hybridized carbons (Fsp3) is 0.318. The first kappa shape index (κ1) is 19.5. The third-order valence-electron chi connectivity index (χ3n) is 5.58. The Labute approximate surface area is 167 Å². The third kappa shape index (κ3) is 2.92. The van der Waals surface area contributed by atoms with Gasteiger partial charge in [-0.2, -0.15) is 8.78 Å². The van der Waals surface area contributed by atoms with Crippen LogP contribution in [0.2, 0.25) is 0 Å². The summed E-state index contributed by atoms with van der Waals surface area (Å²) in [6.07, 6.45) is 0.393. The largest absolute Gasteiger partial charge is 0.389 e. The Bertz CT molecular complexity index is 1000. The molecule has 4 rings (SSSR count). The van der Waals surface area contributed by atoms with E-state index in [0.717, 1.165) is 16.0 Å². The molecule has 0 aliphatic carbocycles. The van der Waals surface area contributed by atoms with Crippen LogP contribution in [0.15, 0.2) is 48.2 Å². The Morgan fingerprint density at radius 1 is 1.21 bits per heavy atom. The van der Waals surface area contributed by atoms with E-state index >= 15 is 0 Å². The molecule has 0 radical (unpaired) electrons. The standard InChI is InChI=1S/C22H22F2N2O3/c1-13(27)16-9-6-10-18-19(16)22(23,24)21(28)26(18)12-15-11-14-7-4-5-8-17(14)20(29-3)25(15)2/h4-11,13,20,27H,12H2,1-3H3/t13-,20?/m0/s1. The van der Waals surface area contributed by atoms with Crippen molar-refractivity contribution in [2.75, 3.05) is 25.6 Å². The predicted octanol–water partition coefficient (Wildman–Crippen LogP) is 3.81. The van der Waals surface area contributed by atoms with Gasteiger partial charge in [0.15, 0.2) is 6.23 Å². The number of methoxy groups -OCH3 is 1. The van der Waals surface area contributed by atoms with Gasteiger partial charge >= 0.3 is 11.8 Å². The second kappa shape index (κ2) is 6.93. The molecule has 7 heteroatoms. The summed E-state index contributed by atoms with van der Waals surface area (Å²) in [7, 11) is 3.39. The van der Waals surface area contributed by atoms with Crippen LogP contribution in [-0.2, 0) is 15.5 Å². The molecule has 0 aromatic heterocycles. The van der Waals surface area contributed by atoms with E-state index in [9.17, 15) is 18.7 Å². The van der Waals surface area contributed by atoms with Gasteiger partial charge in [0.2, 0.25) is 0 Å². The number of hydrogen-bond acceptors (Lipinski definition) is 4. The van der Waals surface area contributed by atoms with Crippen molar-refractivity contribution in [3.8, 4) is 0 Å². The van der Waals surface area contributed by atoms with Crippen molar-refractivity contribution in [3.05, 3.63) is 70.4 Å². The highest BCUT2D eigenvalue weighted by atomic mass is 19.3. The summed E-state index contributed by atoms with van der Waals surface area (Å²) in [6.45, 7) is 1.38. The molecule has 1 N–H and O–H groups in total. The predicted molar refractivity (Wildman–Crippen MR) is 105 cm³/mol. The van der Waals surface area contributed by atoms with Gasteiger partial charge in [-0.1, -0.05) is 36.4 Å². The summed E-state index contributed by atoms with van der Waals surface area (Å²) in [5, 5.41) is 9.93. The molecule has 1 unspecified atom stereocenters. The number of amides is 1. The van der Waals surface area contributed by atoms with E-state index in [1.807, 2.05) is 42.3 Å². The lowest BCUT2D eigenvalue weighted by Gasteiger charge is -2.37. The van der Waals surface area contributed by atoms with E-state index in [4.69, 9.17) is 4.74 Å². The fourth-order valence-electron chi connectivity index (χ4n) is 4.13. The van der Waals surface area contributed by atoms with Crippen LogP contribution in [0.4, 0.5) is 14.5 Å². The lowest BCUT2D eigenvalue weighted by molar-refractivity contribution is -0.141. The Hall–Kier alpha value is -2.77. The molecule has 5 nitrogen and oxygen atoms in total. The highest BCUT2D eigenvalue weighted by Crippen LogP contribution is 2.48. The molecule has 2 aromatic rings. The molecule has 0 saturated heterocycles. The van der Waals surface area contributed by atoms with Gasteiger partial charge in [0.1, 0.15) is 0 Å². The van der Waals surface area contributed by atoms with Crippen molar-refractivity contribution >= 4 is 17.7 Å². The highest BCUT2D eigenvalue weighted by Gasteiger charge is 2.54. The van der Waals surface area contributed by atoms with Gasteiger partial charge in [0, 0.05) is 25.4 Å². The fourth-order valence-corrected chi connectivity index (χ4v) is 4.13. The number of likely N-dealkylation sites (N-methyl/N-ethyl adjacent to an activating group) is 1. The van der Waals surface area contributed by atoms with Crippen LogP contribution < -0.4 is 4.90 Å². The quantitative estimate of drug-likeness (QED) is 0.848. The molecule has 0 bridgehead atoms. The Balaban J connectivity index is 1.78. The number of benzene rings is 2. The molecule has 1 amide bonds. The first-order valence-electron chi connectivity index (χ1n) is 9.33. The minimum atomic E-state index is -3.69. The molecule has 152 valence electrons. The van der Waals surface area contributed by atoms with Crippen LogP contribution >= 0.6 is 0 Å². The van der Waals surface area contributed by atoms with Crippen LogP contribution in [0.1, 0.15) is 41.5 Å². The van der Waals surface area contributed by atoms with Gasteiger partial charge in [0.05, 0.1) is 23.9 Å². The number of carbonyl (C=O) groups excluding carboxylic acids is 1. The van der Waals surface area contributed by atoms with Gasteiger partial charge in [-0.05, 0) is 30.2 Å². The molecule has 0 saturated carbocycles. The summed E-state index contributed by atoms with van der Waals surface area (Å²) >= 11 is 0. The van der Waals surface area contributed by atoms with Crippen LogP contribution in [-0.4, -0.2) is 36.6 Å². The molecule has 29 heavy (non-hydrogen) atoms. The van der Waals surface area contributed by atoms with Gasteiger partial charge < -0.3 is 19.6 Å². The smallest absolute Gasteiger partial charge is 0.352 e. The lowest BCUT2D eigenvalue weighted by Crippen LogP contribution is -2.40. The van der Waals surface area contributed by atoms with E-state index in [-0.39, 0.29) is 24.0 Å². The maximum atomic E-state index is 14.9. The number of anilines is 1. The number of rotatable bonds is 4. The lowest BCUT2D eigenvalue weighted by atomic mass is 9.98. The van der Waals surface area contributed by atoms with Crippen molar-refractivity contribution in [3.63, 3.8) is 0 Å². The molecule has 2 atom stereocenters. The third-order valence-corrected chi connectivity index (χ3v) is 5.58. The molecule has 0 fully saturated rings. The molecule has 2 aliphatic rings. The van der Waals surface area contributed by atoms with E-state index in [1.165, 1.54) is 19.1 Å². The maximum absolute atomic E-state index is 14.9.